The third-order valence-electron chi connectivity index (χ3n) is 2.61. The van der Waals surface area contributed by atoms with Crippen molar-refractivity contribution in [2.75, 3.05) is 6.54 Å². The van der Waals surface area contributed by atoms with Gasteiger partial charge < -0.3 is 5.84 Å². The standard InChI is InChI=1S/C9H21N3/c1-5-8(4)9(7(2)3)6-11-12-10/h7-9H,5-6H2,1-4H3,(H2,10,11). The Hall–Kier alpha value is -0.600. The third kappa shape index (κ3) is 3.69. The van der Waals surface area contributed by atoms with Gasteiger partial charge in [0, 0.05) is 0 Å². The van der Waals surface area contributed by atoms with Crippen molar-refractivity contribution in [2.24, 2.45) is 33.9 Å². The van der Waals surface area contributed by atoms with Gasteiger partial charge in [0.05, 0.1) is 6.54 Å². The second-order valence-corrected chi connectivity index (χ2v) is 3.73. The van der Waals surface area contributed by atoms with Crippen LogP contribution in [-0.4, -0.2) is 6.54 Å². The minimum Gasteiger partial charge on any atom is -0.305 e. The van der Waals surface area contributed by atoms with E-state index in [-0.39, 0.29) is 0 Å². The van der Waals surface area contributed by atoms with Gasteiger partial charge in [-0.05, 0) is 17.8 Å². The Morgan fingerprint density at radius 2 is 1.83 bits per heavy atom. The lowest BCUT2D eigenvalue weighted by molar-refractivity contribution is 0.269. The van der Waals surface area contributed by atoms with Crippen molar-refractivity contribution >= 4 is 0 Å². The molecule has 0 heterocycles. The number of rotatable bonds is 5. The molecule has 2 atom stereocenters. The summed E-state index contributed by atoms with van der Waals surface area (Å²) in [6.45, 7) is 9.69. The number of hydrogen-bond acceptors (Lipinski definition) is 2. The Balaban J connectivity index is 4.03. The van der Waals surface area contributed by atoms with Crippen LogP contribution in [0.5, 0.6) is 0 Å². The van der Waals surface area contributed by atoms with Crippen molar-refractivity contribution in [3.05, 3.63) is 0 Å². The average molecular weight is 171 g/mol. The lowest BCUT2D eigenvalue weighted by Gasteiger charge is -2.24. The molecule has 3 heteroatoms. The maximum atomic E-state index is 4.98. The van der Waals surface area contributed by atoms with Crippen LogP contribution in [0.4, 0.5) is 0 Å². The van der Waals surface area contributed by atoms with E-state index >= 15 is 0 Å². The van der Waals surface area contributed by atoms with Gasteiger partial charge in [0.15, 0.2) is 0 Å². The lowest BCUT2D eigenvalue weighted by Crippen LogP contribution is -2.20. The Kier molecular flexibility index (Phi) is 5.68. The summed E-state index contributed by atoms with van der Waals surface area (Å²) in [5.41, 5.74) is 0. The minimum atomic E-state index is 0.613. The zero-order valence-electron chi connectivity index (χ0n) is 8.62. The van der Waals surface area contributed by atoms with Gasteiger partial charge in [-0.2, -0.15) is 5.11 Å². The summed E-state index contributed by atoms with van der Waals surface area (Å²) in [5, 5.41) is 7.16. The van der Waals surface area contributed by atoms with Gasteiger partial charge in [0.25, 0.3) is 0 Å². The maximum absolute atomic E-state index is 4.98. The van der Waals surface area contributed by atoms with Gasteiger partial charge in [-0.15, -0.1) is 0 Å². The summed E-state index contributed by atoms with van der Waals surface area (Å²) in [7, 11) is 0. The highest BCUT2D eigenvalue weighted by atomic mass is 15.3. The van der Waals surface area contributed by atoms with E-state index in [2.05, 4.69) is 38.0 Å². The molecule has 0 saturated heterocycles. The van der Waals surface area contributed by atoms with Crippen LogP contribution >= 0.6 is 0 Å². The van der Waals surface area contributed by atoms with Gasteiger partial charge in [-0.1, -0.05) is 39.3 Å². The molecule has 3 nitrogen and oxygen atoms in total. The zero-order valence-corrected chi connectivity index (χ0v) is 8.62. The molecular weight excluding hydrogens is 150 g/mol. The summed E-state index contributed by atoms with van der Waals surface area (Å²) >= 11 is 0. The van der Waals surface area contributed by atoms with Crippen molar-refractivity contribution in [1.82, 2.24) is 0 Å². The van der Waals surface area contributed by atoms with E-state index in [1.54, 1.807) is 0 Å². The second-order valence-electron chi connectivity index (χ2n) is 3.73. The number of hydrogen-bond donors (Lipinski definition) is 1. The molecule has 0 aliphatic heterocycles. The summed E-state index contributed by atoms with van der Waals surface area (Å²) in [6.07, 6.45) is 1.20. The molecule has 0 aromatic rings. The molecule has 2 N–H and O–H groups in total. The van der Waals surface area contributed by atoms with Crippen LogP contribution in [0.2, 0.25) is 0 Å². The number of nitrogens with two attached hydrogens (primary N) is 1. The largest absolute Gasteiger partial charge is 0.305 e. The fourth-order valence-corrected chi connectivity index (χ4v) is 1.49. The predicted octanol–water partition coefficient (Wildman–Crippen LogP) is 2.63. The first-order valence-electron chi connectivity index (χ1n) is 4.70. The fourth-order valence-electron chi connectivity index (χ4n) is 1.49. The quantitative estimate of drug-likeness (QED) is 0.386. The number of nitrogens with zero attached hydrogens (tertiary/aromatic N) is 2. The van der Waals surface area contributed by atoms with Crippen molar-refractivity contribution in [1.29, 1.82) is 0 Å². The van der Waals surface area contributed by atoms with Crippen LogP contribution in [0.1, 0.15) is 34.1 Å². The Bertz CT molecular complexity index is 132. The lowest BCUT2D eigenvalue weighted by atomic mass is 9.83. The van der Waals surface area contributed by atoms with Gasteiger partial charge >= 0.3 is 0 Å². The second kappa shape index (κ2) is 5.98. The van der Waals surface area contributed by atoms with Crippen LogP contribution in [0, 0.1) is 17.8 Å². The molecule has 0 rings (SSSR count). The Morgan fingerprint density at radius 1 is 1.25 bits per heavy atom. The highest BCUT2D eigenvalue weighted by Crippen LogP contribution is 2.23. The monoisotopic (exact) mass is 171 g/mol. The minimum absolute atomic E-state index is 0.613. The van der Waals surface area contributed by atoms with Crippen LogP contribution in [0.15, 0.2) is 10.3 Å². The molecule has 0 aliphatic rings. The zero-order chi connectivity index (χ0) is 9.56. The van der Waals surface area contributed by atoms with E-state index in [4.69, 9.17) is 5.84 Å². The molecule has 0 fully saturated rings. The first-order valence-corrected chi connectivity index (χ1v) is 4.70. The van der Waals surface area contributed by atoms with Crippen molar-refractivity contribution in [2.45, 2.75) is 34.1 Å². The fraction of sp³-hybridized carbons (Fsp3) is 1.00. The molecular formula is C9H21N3. The molecule has 0 saturated carbocycles. The highest BCUT2D eigenvalue weighted by molar-refractivity contribution is 4.70. The van der Waals surface area contributed by atoms with Crippen LogP contribution in [0.3, 0.4) is 0 Å². The topological polar surface area (TPSA) is 50.7 Å². The van der Waals surface area contributed by atoms with Crippen molar-refractivity contribution in [3.63, 3.8) is 0 Å². The highest BCUT2D eigenvalue weighted by Gasteiger charge is 2.18. The molecule has 0 aromatic carbocycles. The van der Waals surface area contributed by atoms with Crippen LogP contribution < -0.4 is 5.84 Å². The van der Waals surface area contributed by atoms with E-state index in [9.17, 15) is 0 Å². The van der Waals surface area contributed by atoms with Gasteiger partial charge in [-0.3, -0.25) is 0 Å². The Morgan fingerprint density at radius 3 is 2.17 bits per heavy atom. The summed E-state index contributed by atoms with van der Waals surface area (Å²) in [6, 6.07) is 0. The molecule has 0 spiro atoms. The molecule has 0 amide bonds. The van der Waals surface area contributed by atoms with Crippen molar-refractivity contribution in [3.8, 4) is 0 Å². The summed E-state index contributed by atoms with van der Waals surface area (Å²) in [4.78, 5) is 0. The van der Waals surface area contributed by atoms with Crippen molar-refractivity contribution < 1.29 is 0 Å². The van der Waals surface area contributed by atoms with E-state index in [1.807, 2.05) is 0 Å². The smallest absolute Gasteiger partial charge is 0.0653 e. The van der Waals surface area contributed by atoms with Crippen LogP contribution in [0.25, 0.3) is 0 Å². The summed E-state index contributed by atoms with van der Waals surface area (Å²) < 4.78 is 0. The molecule has 0 aliphatic carbocycles. The first-order chi connectivity index (χ1) is 5.63. The van der Waals surface area contributed by atoms with E-state index in [0.717, 1.165) is 6.54 Å². The molecule has 2 unspecified atom stereocenters. The van der Waals surface area contributed by atoms with E-state index < -0.39 is 0 Å². The molecule has 0 aromatic heterocycles. The Labute approximate surface area is 75.4 Å². The third-order valence-corrected chi connectivity index (χ3v) is 2.61. The SMILES string of the molecule is CCC(C)C(CN=NN)C(C)C. The average Bonchev–Trinajstić information content (AvgIpc) is 2.04. The first kappa shape index (κ1) is 11.4. The van der Waals surface area contributed by atoms with E-state index in [1.165, 1.54) is 6.42 Å². The summed E-state index contributed by atoms with van der Waals surface area (Å²) in [5.74, 6) is 6.95. The van der Waals surface area contributed by atoms with Gasteiger partial charge in [-0.25, -0.2) is 0 Å². The predicted molar refractivity (Wildman–Crippen MR) is 51.7 cm³/mol. The van der Waals surface area contributed by atoms with Gasteiger partial charge in [0.1, 0.15) is 0 Å². The normalized spacial score (nSPS) is 17.1. The molecule has 12 heavy (non-hydrogen) atoms. The molecule has 0 radical (unpaired) electrons. The maximum Gasteiger partial charge on any atom is 0.0653 e. The molecule has 72 valence electrons. The van der Waals surface area contributed by atoms with Gasteiger partial charge in [0.2, 0.25) is 0 Å². The van der Waals surface area contributed by atoms with Crippen LogP contribution in [-0.2, 0) is 0 Å². The van der Waals surface area contributed by atoms with E-state index in [0.29, 0.717) is 17.8 Å². The molecule has 0 bridgehead atoms.